The van der Waals surface area contributed by atoms with E-state index in [1.165, 1.54) is 13.8 Å². The number of H-pyrrole nitrogens is 1. The molecule has 1 aromatic heterocycles. The van der Waals surface area contributed by atoms with E-state index in [1.54, 1.807) is 24.6 Å². The molecule has 0 unspecified atom stereocenters. The van der Waals surface area contributed by atoms with Crippen LogP contribution in [0.4, 0.5) is 22.7 Å². The third-order valence-corrected chi connectivity index (χ3v) is 3.85. The predicted molar refractivity (Wildman–Crippen MR) is 117 cm³/mol. The minimum atomic E-state index is -0.148. The maximum Gasteiger partial charge on any atom is 0.221 e. The zero-order valence-corrected chi connectivity index (χ0v) is 16.1. The summed E-state index contributed by atoms with van der Waals surface area (Å²) in [5.41, 5.74) is 4.21. The minimum absolute atomic E-state index is 0.148. The number of aromatic amines is 1. The number of hydrogen-bond donors (Lipinski definition) is 3. The molecule has 0 fully saturated rings. The van der Waals surface area contributed by atoms with Crippen molar-refractivity contribution >= 4 is 47.0 Å². The standard InChI is InChI=1S/C22H21N5O2/c1-15(28)25-21-9-5-3-7-19(21)23-13-17-11-12-18(27-17)14-24-20-8-4-6-10-22(20)26-16(2)29/h3-14,27H,1-2H3,(H,25,28)(H,26,29). The lowest BCUT2D eigenvalue weighted by Crippen LogP contribution is -2.05. The highest BCUT2D eigenvalue weighted by molar-refractivity contribution is 5.94. The number of amides is 2. The minimum Gasteiger partial charge on any atom is -0.353 e. The molecular weight excluding hydrogens is 366 g/mol. The first-order valence-corrected chi connectivity index (χ1v) is 9.01. The van der Waals surface area contributed by atoms with E-state index in [0.717, 1.165) is 11.4 Å². The molecule has 0 saturated heterocycles. The van der Waals surface area contributed by atoms with E-state index >= 15 is 0 Å². The first-order chi connectivity index (χ1) is 14.0. The van der Waals surface area contributed by atoms with Gasteiger partial charge in [0, 0.05) is 13.8 Å². The van der Waals surface area contributed by atoms with Gasteiger partial charge in [-0.25, -0.2) is 0 Å². The molecule has 0 bridgehead atoms. The second-order valence-electron chi connectivity index (χ2n) is 6.28. The number of aliphatic imine (C=N–C) groups is 2. The Hall–Kier alpha value is -4.00. The molecule has 7 nitrogen and oxygen atoms in total. The van der Waals surface area contributed by atoms with Crippen LogP contribution in [0.3, 0.4) is 0 Å². The molecule has 2 aromatic carbocycles. The normalized spacial score (nSPS) is 11.1. The van der Waals surface area contributed by atoms with Crippen LogP contribution < -0.4 is 10.6 Å². The Balaban J connectivity index is 1.74. The number of rotatable bonds is 6. The Morgan fingerprint density at radius 1 is 0.724 bits per heavy atom. The molecule has 0 aliphatic heterocycles. The van der Waals surface area contributed by atoms with Crippen molar-refractivity contribution in [1.82, 2.24) is 4.98 Å². The van der Waals surface area contributed by atoms with Crippen molar-refractivity contribution in [2.45, 2.75) is 13.8 Å². The summed E-state index contributed by atoms with van der Waals surface area (Å²) in [6.07, 6.45) is 3.37. The second kappa shape index (κ2) is 9.27. The Bertz CT molecular complexity index is 998. The molecule has 29 heavy (non-hydrogen) atoms. The average Bonchev–Trinajstić information content (AvgIpc) is 3.14. The van der Waals surface area contributed by atoms with Crippen molar-refractivity contribution in [1.29, 1.82) is 0 Å². The van der Waals surface area contributed by atoms with Gasteiger partial charge in [0.05, 0.1) is 46.6 Å². The largest absolute Gasteiger partial charge is 0.353 e. The fourth-order valence-corrected chi connectivity index (χ4v) is 2.62. The van der Waals surface area contributed by atoms with Gasteiger partial charge in [0.1, 0.15) is 0 Å². The van der Waals surface area contributed by atoms with E-state index < -0.39 is 0 Å². The van der Waals surface area contributed by atoms with Gasteiger partial charge in [0.2, 0.25) is 11.8 Å². The van der Waals surface area contributed by atoms with Gasteiger partial charge in [-0.3, -0.25) is 19.6 Å². The Labute approximate surface area is 168 Å². The number of para-hydroxylation sites is 4. The van der Waals surface area contributed by atoms with Crippen molar-refractivity contribution in [2.75, 3.05) is 10.6 Å². The van der Waals surface area contributed by atoms with E-state index in [4.69, 9.17) is 0 Å². The maximum atomic E-state index is 11.3. The van der Waals surface area contributed by atoms with Crippen LogP contribution in [-0.2, 0) is 9.59 Å². The van der Waals surface area contributed by atoms with Crippen molar-refractivity contribution in [3.05, 3.63) is 72.1 Å². The Morgan fingerprint density at radius 3 is 1.55 bits per heavy atom. The lowest BCUT2D eigenvalue weighted by molar-refractivity contribution is -0.115. The number of aromatic nitrogens is 1. The van der Waals surface area contributed by atoms with Crippen LogP contribution in [0.5, 0.6) is 0 Å². The van der Waals surface area contributed by atoms with Gasteiger partial charge in [0.15, 0.2) is 0 Å². The third-order valence-electron chi connectivity index (χ3n) is 3.85. The molecule has 3 N–H and O–H groups in total. The SMILES string of the molecule is CC(=O)Nc1ccccc1N=Cc1ccc(C=Nc2ccccc2NC(C)=O)[nH]1. The smallest absolute Gasteiger partial charge is 0.221 e. The van der Waals surface area contributed by atoms with Crippen LogP contribution >= 0.6 is 0 Å². The molecule has 7 heteroatoms. The molecule has 0 aliphatic rings. The van der Waals surface area contributed by atoms with Crippen molar-refractivity contribution in [3.8, 4) is 0 Å². The maximum absolute atomic E-state index is 11.3. The summed E-state index contributed by atoms with van der Waals surface area (Å²) in [6, 6.07) is 18.4. The number of anilines is 2. The topological polar surface area (TPSA) is 98.7 Å². The van der Waals surface area contributed by atoms with Crippen LogP contribution in [0.15, 0.2) is 70.6 Å². The van der Waals surface area contributed by atoms with E-state index in [9.17, 15) is 9.59 Å². The molecule has 0 saturated carbocycles. The molecule has 146 valence electrons. The quantitative estimate of drug-likeness (QED) is 0.545. The zero-order valence-electron chi connectivity index (χ0n) is 16.1. The number of nitrogens with one attached hydrogen (secondary N) is 3. The van der Waals surface area contributed by atoms with Crippen molar-refractivity contribution in [3.63, 3.8) is 0 Å². The number of benzene rings is 2. The van der Waals surface area contributed by atoms with E-state index in [-0.39, 0.29) is 11.8 Å². The fraction of sp³-hybridized carbons (Fsp3) is 0.0909. The van der Waals surface area contributed by atoms with Crippen LogP contribution in [-0.4, -0.2) is 29.2 Å². The van der Waals surface area contributed by atoms with Gasteiger partial charge < -0.3 is 15.6 Å². The lowest BCUT2D eigenvalue weighted by Gasteiger charge is -2.05. The molecule has 3 rings (SSSR count). The van der Waals surface area contributed by atoms with Gasteiger partial charge >= 0.3 is 0 Å². The summed E-state index contributed by atoms with van der Waals surface area (Å²) >= 11 is 0. The Kier molecular flexibility index (Phi) is 6.32. The second-order valence-corrected chi connectivity index (χ2v) is 6.28. The summed E-state index contributed by atoms with van der Waals surface area (Å²) in [5, 5.41) is 5.52. The highest BCUT2D eigenvalue weighted by atomic mass is 16.2. The van der Waals surface area contributed by atoms with Crippen LogP contribution in [0, 0.1) is 0 Å². The fourth-order valence-electron chi connectivity index (χ4n) is 2.62. The van der Waals surface area contributed by atoms with Crippen LogP contribution in [0.2, 0.25) is 0 Å². The van der Waals surface area contributed by atoms with Crippen molar-refractivity contribution < 1.29 is 9.59 Å². The van der Waals surface area contributed by atoms with E-state index in [2.05, 4.69) is 25.6 Å². The van der Waals surface area contributed by atoms with Crippen LogP contribution in [0.1, 0.15) is 25.2 Å². The molecule has 1 heterocycles. The Morgan fingerprint density at radius 2 is 1.14 bits per heavy atom. The third kappa shape index (κ3) is 5.74. The summed E-state index contributed by atoms with van der Waals surface area (Å²) in [6.45, 7) is 2.92. The highest BCUT2D eigenvalue weighted by Gasteiger charge is 2.03. The van der Waals surface area contributed by atoms with Crippen molar-refractivity contribution in [2.24, 2.45) is 9.98 Å². The predicted octanol–water partition coefficient (Wildman–Crippen LogP) is 4.43. The van der Waals surface area contributed by atoms with E-state index in [0.29, 0.717) is 22.7 Å². The van der Waals surface area contributed by atoms with E-state index in [1.807, 2.05) is 48.5 Å². The van der Waals surface area contributed by atoms with Gasteiger partial charge in [-0.2, -0.15) is 0 Å². The molecule has 2 amide bonds. The molecule has 3 aromatic rings. The highest BCUT2D eigenvalue weighted by Crippen LogP contribution is 2.25. The summed E-state index contributed by atoms with van der Waals surface area (Å²) < 4.78 is 0. The van der Waals surface area contributed by atoms with Crippen LogP contribution in [0.25, 0.3) is 0 Å². The summed E-state index contributed by atoms with van der Waals surface area (Å²) in [4.78, 5) is 34.7. The zero-order chi connectivity index (χ0) is 20.6. The number of carbonyl (C=O) groups excluding carboxylic acids is 2. The number of carbonyl (C=O) groups is 2. The molecule has 0 radical (unpaired) electrons. The lowest BCUT2D eigenvalue weighted by atomic mass is 10.2. The number of nitrogens with zero attached hydrogens (tertiary/aromatic N) is 2. The molecule has 0 atom stereocenters. The van der Waals surface area contributed by atoms with Gasteiger partial charge in [-0.15, -0.1) is 0 Å². The first-order valence-electron chi connectivity index (χ1n) is 9.01. The summed E-state index contributed by atoms with van der Waals surface area (Å²) in [5.74, 6) is -0.295. The molecular formula is C22H21N5O2. The monoisotopic (exact) mass is 387 g/mol. The molecule has 0 spiro atoms. The first kappa shape index (κ1) is 19.8. The number of hydrogen-bond acceptors (Lipinski definition) is 4. The average molecular weight is 387 g/mol. The molecule has 0 aliphatic carbocycles. The van der Waals surface area contributed by atoms with Gasteiger partial charge in [-0.05, 0) is 36.4 Å². The van der Waals surface area contributed by atoms with Gasteiger partial charge in [-0.1, -0.05) is 24.3 Å². The summed E-state index contributed by atoms with van der Waals surface area (Å²) in [7, 11) is 0. The van der Waals surface area contributed by atoms with Gasteiger partial charge in [0.25, 0.3) is 0 Å².